The van der Waals surface area contributed by atoms with Crippen molar-refractivity contribution < 1.29 is 18.0 Å². The number of sulfone groups is 1. The Hall–Kier alpha value is -1.60. The molecular formula is C14H19ClN2O4S. The van der Waals surface area contributed by atoms with E-state index in [2.05, 4.69) is 10.6 Å². The summed E-state index contributed by atoms with van der Waals surface area (Å²) in [5, 5.41) is 5.62. The third-order valence-corrected chi connectivity index (χ3v) is 4.09. The van der Waals surface area contributed by atoms with Crippen molar-refractivity contribution in [3.63, 3.8) is 0 Å². The molecule has 1 atom stereocenters. The van der Waals surface area contributed by atoms with Crippen molar-refractivity contribution in [3.8, 4) is 0 Å². The van der Waals surface area contributed by atoms with Gasteiger partial charge in [0.1, 0.15) is 15.9 Å². The summed E-state index contributed by atoms with van der Waals surface area (Å²) in [6.45, 7) is 2.14. The second-order valence-corrected chi connectivity index (χ2v) is 7.54. The molecule has 0 saturated heterocycles. The van der Waals surface area contributed by atoms with Crippen molar-refractivity contribution in [1.82, 2.24) is 10.6 Å². The van der Waals surface area contributed by atoms with Gasteiger partial charge in [0, 0.05) is 23.4 Å². The van der Waals surface area contributed by atoms with Crippen molar-refractivity contribution in [1.29, 1.82) is 0 Å². The van der Waals surface area contributed by atoms with E-state index in [4.69, 9.17) is 11.6 Å². The summed E-state index contributed by atoms with van der Waals surface area (Å²) in [5.41, 5.74) is 0.345. The topological polar surface area (TPSA) is 92.3 Å². The standard InChI is InChI=1S/C14H19ClN2O4S/c1-3-16-14(19)12(8-9-22(2,20)21)17-13(18)10-4-6-11(15)7-5-10/h4-7,12H,3,8-9H2,1-2H3,(H,16,19)(H,17,18). The van der Waals surface area contributed by atoms with Crippen LogP contribution in [0.1, 0.15) is 23.7 Å². The molecule has 0 bridgehead atoms. The molecule has 1 aromatic rings. The number of amides is 2. The van der Waals surface area contributed by atoms with Gasteiger partial charge in [0.15, 0.2) is 0 Å². The van der Waals surface area contributed by atoms with E-state index in [9.17, 15) is 18.0 Å². The van der Waals surface area contributed by atoms with Gasteiger partial charge in [-0.2, -0.15) is 0 Å². The van der Waals surface area contributed by atoms with Gasteiger partial charge in [-0.1, -0.05) is 11.6 Å². The lowest BCUT2D eigenvalue weighted by molar-refractivity contribution is -0.122. The smallest absolute Gasteiger partial charge is 0.251 e. The molecule has 6 nitrogen and oxygen atoms in total. The normalized spacial score (nSPS) is 12.5. The first-order chi connectivity index (χ1) is 10.2. The van der Waals surface area contributed by atoms with E-state index in [0.717, 1.165) is 6.26 Å². The molecule has 0 aliphatic heterocycles. The minimum Gasteiger partial charge on any atom is -0.355 e. The fourth-order valence-corrected chi connectivity index (χ4v) is 2.53. The predicted octanol–water partition coefficient (Wildman–Crippen LogP) is 1.01. The molecular weight excluding hydrogens is 328 g/mol. The predicted molar refractivity (Wildman–Crippen MR) is 85.7 cm³/mol. The number of halogens is 1. The summed E-state index contributed by atoms with van der Waals surface area (Å²) in [6.07, 6.45) is 1.10. The lowest BCUT2D eigenvalue weighted by atomic mass is 10.1. The molecule has 1 unspecified atom stereocenters. The van der Waals surface area contributed by atoms with Gasteiger partial charge in [-0.25, -0.2) is 8.42 Å². The van der Waals surface area contributed by atoms with Crippen LogP contribution in [0.5, 0.6) is 0 Å². The van der Waals surface area contributed by atoms with Crippen molar-refractivity contribution in [2.45, 2.75) is 19.4 Å². The van der Waals surface area contributed by atoms with Gasteiger partial charge in [-0.3, -0.25) is 9.59 Å². The van der Waals surface area contributed by atoms with Crippen molar-refractivity contribution in [2.24, 2.45) is 0 Å². The van der Waals surface area contributed by atoms with Crippen LogP contribution < -0.4 is 10.6 Å². The molecule has 8 heteroatoms. The van der Waals surface area contributed by atoms with Gasteiger partial charge in [0.25, 0.3) is 5.91 Å². The molecule has 22 heavy (non-hydrogen) atoms. The van der Waals surface area contributed by atoms with Crippen molar-refractivity contribution >= 4 is 33.3 Å². The van der Waals surface area contributed by atoms with Gasteiger partial charge >= 0.3 is 0 Å². The molecule has 2 N–H and O–H groups in total. The van der Waals surface area contributed by atoms with Crippen LogP contribution in [0.15, 0.2) is 24.3 Å². The van der Waals surface area contributed by atoms with Crippen molar-refractivity contribution in [3.05, 3.63) is 34.9 Å². The largest absolute Gasteiger partial charge is 0.355 e. The van der Waals surface area contributed by atoms with E-state index >= 15 is 0 Å². The zero-order valence-corrected chi connectivity index (χ0v) is 14.0. The molecule has 0 aliphatic rings. The molecule has 122 valence electrons. The highest BCUT2D eigenvalue weighted by atomic mass is 35.5. The number of nitrogens with one attached hydrogen (secondary N) is 2. The first kappa shape index (κ1) is 18.4. The molecule has 0 aromatic heterocycles. The van der Waals surface area contributed by atoms with E-state index in [1.165, 1.54) is 12.1 Å². The summed E-state index contributed by atoms with van der Waals surface area (Å²) in [4.78, 5) is 24.1. The van der Waals surface area contributed by atoms with Crippen LogP contribution in [0.3, 0.4) is 0 Å². The van der Waals surface area contributed by atoms with Crippen LogP contribution in [-0.2, 0) is 14.6 Å². The maximum Gasteiger partial charge on any atom is 0.251 e. The fourth-order valence-electron chi connectivity index (χ4n) is 1.74. The van der Waals surface area contributed by atoms with Crippen LogP contribution in [0.2, 0.25) is 5.02 Å². The number of hydrogen-bond acceptors (Lipinski definition) is 4. The summed E-state index contributed by atoms with van der Waals surface area (Å²) in [6, 6.07) is 5.28. The molecule has 0 heterocycles. The molecule has 1 rings (SSSR count). The second kappa shape index (κ2) is 8.14. The van der Waals surface area contributed by atoms with E-state index in [-0.39, 0.29) is 12.2 Å². The highest BCUT2D eigenvalue weighted by molar-refractivity contribution is 7.90. The Kier molecular flexibility index (Phi) is 6.83. The number of carbonyl (C=O) groups is 2. The highest BCUT2D eigenvalue weighted by Gasteiger charge is 2.22. The van der Waals surface area contributed by atoms with Crippen LogP contribution in [0, 0.1) is 0 Å². The Morgan fingerprint density at radius 3 is 2.32 bits per heavy atom. The number of hydrogen-bond donors (Lipinski definition) is 2. The molecule has 0 fully saturated rings. The first-order valence-corrected chi connectivity index (χ1v) is 9.18. The first-order valence-electron chi connectivity index (χ1n) is 6.75. The lowest BCUT2D eigenvalue weighted by Crippen LogP contribution is -2.47. The van der Waals surface area contributed by atoms with Crippen molar-refractivity contribution in [2.75, 3.05) is 18.6 Å². The number of likely N-dealkylation sites (N-methyl/N-ethyl adjacent to an activating group) is 1. The van der Waals surface area contributed by atoms with E-state index in [1.54, 1.807) is 19.1 Å². The summed E-state index contributed by atoms with van der Waals surface area (Å²) < 4.78 is 22.5. The summed E-state index contributed by atoms with van der Waals surface area (Å²) >= 11 is 5.75. The minimum absolute atomic E-state index is 0.0179. The summed E-state index contributed by atoms with van der Waals surface area (Å²) in [5.74, 6) is -1.05. The maximum absolute atomic E-state index is 12.1. The van der Waals surface area contributed by atoms with Crippen LogP contribution >= 0.6 is 11.6 Å². The molecule has 0 radical (unpaired) electrons. The van der Waals surface area contributed by atoms with Crippen LogP contribution in [0.25, 0.3) is 0 Å². The Labute approximate surface area is 135 Å². The molecule has 0 saturated carbocycles. The fraction of sp³-hybridized carbons (Fsp3) is 0.429. The van der Waals surface area contributed by atoms with Gasteiger partial charge in [0.05, 0.1) is 5.75 Å². The van der Waals surface area contributed by atoms with Crippen LogP contribution in [-0.4, -0.2) is 44.8 Å². The van der Waals surface area contributed by atoms with Gasteiger partial charge in [-0.15, -0.1) is 0 Å². The zero-order valence-electron chi connectivity index (χ0n) is 12.4. The monoisotopic (exact) mass is 346 g/mol. The highest BCUT2D eigenvalue weighted by Crippen LogP contribution is 2.10. The lowest BCUT2D eigenvalue weighted by Gasteiger charge is -2.17. The third kappa shape index (κ3) is 6.44. The Morgan fingerprint density at radius 2 is 1.82 bits per heavy atom. The zero-order chi connectivity index (χ0) is 16.8. The number of carbonyl (C=O) groups excluding carboxylic acids is 2. The quantitative estimate of drug-likeness (QED) is 0.770. The van der Waals surface area contributed by atoms with Gasteiger partial charge < -0.3 is 10.6 Å². The Balaban J connectivity index is 2.80. The third-order valence-electron chi connectivity index (χ3n) is 2.86. The van der Waals surface area contributed by atoms with Gasteiger partial charge in [0.2, 0.25) is 5.91 Å². The Bertz CT molecular complexity index is 629. The molecule has 0 aliphatic carbocycles. The number of benzene rings is 1. The van der Waals surface area contributed by atoms with E-state index in [0.29, 0.717) is 17.1 Å². The number of rotatable bonds is 7. The minimum atomic E-state index is -3.22. The van der Waals surface area contributed by atoms with E-state index < -0.39 is 27.7 Å². The molecule has 1 aromatic carbocycles. The van der Waals surface area contributed by atoms with Gasteiger partial charge in [-0.05, 0) is 37.6 Å². The average Bonchev–Trinajstić information content (AvgIpc) is 2.43. The Morgan fingerprint density at radius 1 is 1.23 bits per heavy atom. The average molecular weight is 347 g/mol. The van der Waals surface area contributed by atoms with E-state index in [1.807, 2.05) is 0 Å². The SMILES string of the molecule is CCNC(=O)C(CCS(C)(=O)=O)NC(=O)c1ccc(Cl)cc1. The van der Waals surface area contributed by atoms with Crippen LogP contribution in [0.4, 0.5) is 0 Å². The maximum atomic E-state index is 12.1. The molecule has 0 spiro atoms. The molecule has 2 amide bonds. The summed E-state index contributed by atoms with van der Waals surface area (Å²) in [7, 11) is -3.22. The second-order valence-electron chi connectivity index (χ2n) is 4.85.